The van der Waals surface area contributed by atoms with Crippen LogP contribution in [0.25, 0.3) is 6.08 Å². The van der Waals surface area contributed by atoms with Crippen LogP contribution in [0.4, 0.5) is 0 Å². The number of carbonyl (C=O) groups excluding carboxylic acids is 4. The monoisotopic (exact) mass is 461 g/mol. The van der Waals surface area contributed by atoms with Crippen LogP contribution in [-0.4, -0.2) is 23.3 Å². The van der Waals surface area contributed by atoms with Gasteiger partial charge in [-0.15, -0.1) is 0 Å². The zero-order valence-corrected chi connectivity index (χ0v) is 18.5. The van der Waals surface area contributed by atoms with Gasteiger partial charge in [0.2, 0.25) is 0 Å². The van der Waals surface area contributed by atoms with Gasteiger partial charge in [-0.1, -0.05) is 60.7 Å². The molecule has 0 spiro atoms. The fourth-order valence-corrected chi connectivity index (χ4v) is 4.04. The van der Waals surface area contributed by atoms with Gasteiger partial charge < -0.3 is 9.73 Å². The minimum Gasteiger partial charge on any atom is -0.467 e. The number of fused-ring (bicyclic) bond motifs is 2. The minimum absolute atomic E-state index is 0.134. The predicted molar refractivity (Wildman–Crippen MR) is 129 cm³/mol. The van der Waals surface area contributed by atoms with Crippen molar-refractivity contribution in [3.05, 3.63) is 136 Å². The van der Waals surface area contributed by atoms with Crippen LogP contribution in [0.15, 0.2) is 95.6 Å². The first kappa shape index (κ1) is 22.0. The number of amides is 1. The Labute approximate surface area is 200 Å². The molecule has 6 heteroatoms. The van der Waals surface area contributed by atoms with Gasteiger partial charge >= 0.3 is 0 Å². The van der Waals surface area contributed by atoms with Gasteiger partial charge in [0, 0.05) is 33.4 Å². The van der Waals surface area contributed by atoms with E-state index in [0.29, 0.717) is 28.0 Å². The molecule has 170 valence electrons. The van der Waals surface area contributed by atoms with E-state index in [0.717, 1.165) is 0 Å². The Hall–Kier alpha value is -4.84. The van der Waals surface area contributed by atoms with Crippen molar-refractivity contribution >= 4 is 29.3 Å². The molecule has 1 amide bonds. The molecule has 0 saturated carbocycles. The third kappa shape index (κ3) is 4.25. The fourth-order valence-electron chi connectivity index (χ4n) is 4.04. The van der Waals surface area contributed by atoms with E-state index in [9.17, 15) is 19.2 Å². The maximum absolute atomic E-state index is 13.1. The summed E-state index contributed by atoms with van der Waals surface area (Å²) in [6.45, 7) is 0.287. The molecule has 35 heavy (non-hydrogen) atoms. The summed E-state index contributed by atoms with van der Waals surface area (Å²) >= 11 is 0. The lowest BCUT2D eigenvalue weighted by molar-refractivity contribution is 0.0946. The molecular formula is C29H19NO5. The molecule has 1 N–H and O–H groups in total. The molecule has 0 aliphatic heterocycles. The van der Waals surface area contributed by atoms with E-state index in [1.807, 2.05) is 0 Å². The maximum atomic E-state index is 13.1. The lowest BCUT2D eigenvalue weighted by atomic mass is 9.81. The molecule has 0 bridgehead atoms. The lowest BCUT2D eigenvalue weighted by Crippen LogP contribution is -2.23. The largest absolute Gasteiger partial charge is 0.467 e. The smallest absolute Gasteiger partial charge is 0.251 e. The van der Waals surface area contributed by atoms with E-state index >= 15 is 0 Å². The first-order valence-electron chi connectivity index (χ1n) is 11.0. The van der Waals surface area contributed by atoms with Gasteiger partial charge in [-0.2, -0.15) is 0 Å². The molecular weight excluding hydrogens is 442 g/mol. The molecule has 4 aromatic rings. The summed E-state index contributed by atoms with van der Waals surface area (Å²) in [4.78, 5) is 51.3. The number of nitrogens with one attached hydrogen (secondary N) is 1. The average Bonchev–Trinajstić information content (AvgIpc) is 3.42. The topological polar surface area (TPSA) is 93.4 Å². The Kier molecular flexibility index (Phi) is 5.77. The van der Waals surface area contributed by atoms with Crippen molar-refractivity contribution in [1.29, 1.82) is 0 Å². The van der Waals surface area contributed by atoms with Gasteiger partial charge in [0.15, 0.2) is 17.3 Å². The quantitative estimate of drug-likeness (QED) is 0.287. The van der Waals surface area contributed by atoms with Crippen molar-refractivity contribution in [2.24, 2.45) is 0 Å². The number of hydrogen-bond donors (Lipinski definition) is 1. The summed E-state index contributed by atoms with van der Waals surface area (Å²) in [6.07, 6.45) is 4.51. The van der Waals surface area contributed by atoms with Crippen molar-refractivity contribution in [1.82, 2.24) is 5.32 Å². The van der Waals surface area contributed by atoms with Gasteiger partial charge in [0.25, 0.3) is 5.91 Å². The van der Waals surface area contributed by atoms with Crippen LogP contribution >= 0.6 is 0 Å². The average molecular weight is 461 g/mol. The molecule has 5 rings (SSSR count). The molecule has 1 aliphatic rings. The van der Waals surface area contributed by atoms with Crippen LogP contribution in [0, 0.1) is 0 Å². The molecule has 0 fully saturated rings. The summed E-state index contributed by atoms with van der Waals surface area (Å²) in [5.41, 5.74) is 2.37. The molecule has 6 nitrogen and oxygen atoms in total. The lowest BCUT2D eigenvalue weighted by Gasteiger charge is -2.19. The second-order valence-electron chi connectivity index (χ2n) is 8.01. The first-order chi connectivity index (χ1) is 17.0. The number of furan rings is 1. The Morgan fingerprint density at radius 1 is 0.771 bits per heavy atom. The van der Waals surface area contributed by atoms with Crippen molar-refractivity contribution in [3.63, 3.8) is 0 Å². The number of allylic oxidation sites excluding steroid dienone is 1. The van der Waals surface area contributed by atoms with Crippen molar-refractivity contribution in [2.45, 2.75) is 6.54 Å². The first-order valence-corrected chi connectivity index (χ1v) is 11.0. The zero-order chi connectivity index (χ0) is 24.4. The highest BCUT2D eigenvalue weighted by Gasteiger charge is 2.32. The fraction of sp³-hybridized carbons (Fsp3) is 0.0345. The molecule has 3 aromatic carbocycles. The predicted octanol–water partition coefficient (Wildman–Crippen LogP) is 4.88. The zero-order valence-electron chi connectivity index (χ0n) is 18.5. The normalized spacial score (nSPS) is 12.3. The van der Waals surface area contributed by atoms with Gasteiger partial charge in [0.1, 0.15) is 5.76 Å². The minimum atomic E-state index is -0.386. The molecule has 0 atom stereocenters. The maximum Gasteiger partial charge on any atom is 0.251 e. The van der Waals surface area contributed by atoms with E-state index in [4.69, 9.17) is 4.42 Å². The second-order valence-corrected chi connectivity index (χ2v) is 8.01. The van der Waals surface area contributed by atoms with E-state index in [-0.39, 0.29) is 46.5 Å². The highest BCUT2D eigenvalue weighted by Crippen LogP contribution is 2.30. The molecule has 0 radical (unpaired) electrons. The highest BCUT2D eigenvalue weighted by atomic mass is 16.3. The SMILES string of the molecule is O=C(NCc1ccco1)c1ccc(/C=C/C(=O)c2cccc3c2C(=O)c2ccccc2C3=O)cc1. The van der Waals surface area contributed by atoms with E-state index in [1.54, 1.807) is 91.2 Å². The van der Waals surface area contributed by atoms with Crippen molar-refractivity contribution < 1.29 is 23.6 Å². The molecule has 0 unspecified atom stereocenters. The Balaban J connectivity index is 1.33. The molecule has 0 saturated heterocycles. The molecule has 1 aliphatic carbocycles. The number of ketones is 3. The van der Waals surface area contributed by atoms with Gasteiger partial charge in [0.05, 0.1) is 12.8 Å². The Morgan fingerprint density at radius 3 is 2.20 bits per heavy atom. The standard InChI is InChI=1S/C29H19NO5/c31-25(15-12-18-10-13-19(14-11-18)29(34)30-17-20-5-4-16-35-20)23-8-3-9-24-26(23)28(33)22-7-2-1-6-21(22)27(24)32/h1-16H,17H2,(H,30,34)/b15-12+. The highest BCUT2D eigenvalue weighted by molar-refractivity contribution is 6.31. The second kappa shape index (κ2) is 9.19. The molecule has 1 aromatic heterocycles. The number of carbonyl (C=O) groups is 4. The van der Waals surface area contributed by atoms with Crippen LogP contribution in [0.1, 0.15) is 63.9 Å². The number of benzene rings is 3. The van der Waals surface area contributed by atoms with Gasteiger partial charge in [-0.05, 0) is 35.9 Å². The summed E-state index contributed by atoms with van der Waals surface area (Å²) in [7, 11) is 0. The summed E-state index contributed by atoms with van der Waals surface area (Å²) in [5.74, 6) is -0.578. The number of rotatable bonds is 6. The van der Waals surface area contributed by atoms with E-state index in [2.05, 4.69) is 5.32 Å². The van der Waals surface area contributed by atoms with E-state index < -0.39 is 0 Å². The van der Waals surface area contributed by atoms with Crippen molar-refractivity contribution in [2.75, 3.05) is 0 Å². The third-order valence-electron chi connectivity index (χ3n) is 5.82. The van der Waals surface area contributed by atoms with Gasteiger partial charge in [-0.3, -0.25) is 19.2 Å². The van der Waals surface area contributed by atoms with Crippen molar-refractivity contribution in [3.8, 4) is 0 Å². The Morgan fingerprint density at radius 2 is 1.49 bits per heavy atom. The Bertz CT molecular complexity index is 1490. The third-order valence-corrected chi connectivity index (χ3v) is 5.82. The summed E-state index contributed by atoms with van der Waals surface area (Å²) < 4.78 is 5.20. The van der Waals surface area contributed by atoms with E-state index in [1.165, 1.54) is 6.08 Å². The van der Waals surface area contributed by atoms with Crippen LogP contribution in [-0.2, 0) is 6.54 Å². The molecule has 1 heterocycles. The van der Waals surface area contributed by atoms with Crippen LogP contribution < -0.4 is 5.32 Å². The summed E-state index contributed by atoms with van der Waals surface area (Å²) in [5, 5.41) is 2.77. The number of hydrogen-bond acceptors (Lipinski definition) is 5. The van der Waals surface area contributed by atoms with Crippen LogP contribution in [0.5, 0.6) is 0 Å². The summed E-state index contributed by atoms with van der Waals surface area (Å²) in [6, 6.07) is 21.6. The van der Waals surface area contributed by atoms with Crippen LogP contribution in [0.3, 0.4) is 0 Å². The van der Waals surface area contributed by atoms with Crippen LogP contribution in [0.2, 0.25) is 0 Å². The van der Waals surface area contributed by atoms with Gasteiger partial charge in [-0.25, -0.2) is 0 Å².